The Hall–Kier alpha value is -1.88. The summed E-state index contributed by atoms with van der Waals surface area (Å²) in [5.41, 5.74) is 1.14. The lowest BCUT2D eigenvalue weighted by Crippen LogP contribution is -2.29. The Morgan fingerprint density at radius 1 is 1.10 bits per heavy atom. The Labute approximate surface area is 117 Å². The van der Waals surface area contributed by atoms with Crippen LogP contribution in [-0.2, 0) is 0 Å². The molecule has 1 aliphatic carbocycles. The normalized spacial score (nSPS) is 21.9. The van der Waals surface area contributed by atoms with Crippen molar-refractivity contribution >= 4 is 11.8 Å². The summed E-state index contributed by atoms with van der Waals surface area (Å²) < 4.78 is 0. The highest BCUT2D eigenvalue weighted by Gasteiger charge is 2.26. The maximum atomic E-state index is 12.2. The second-order valence-corrected chi connectivity index (χ2v) is 5.52. The van der Waals surface area contributed by atoms with Gasteiger partial charge in [-0.1, -0.05) is 0 Å². The molecule has 20 heavy (non-hydrogen) atoms. The number of rotatable bonds is 3. The standard InChI is InChI=1S/C15H18N2O3/c18-13-7-8-17(9-13)15(20)11-3-1-10(2-4-11)14(19)16-12-5-6-12/h1-4,12-13,18H,5-9H2,(H,16,19)/t13-/m1/s1. The van der Waals surface area contributed by atoms with Crippen LogP contribution < -0.4 is 5.32 Å². The second kappa shape index (κ2) is 5.25. The van der Waals surface area contributed by atoms with Gasteiger partial charge in [0.25, 0.3) is 11.8 Å². The number of benzene rings is 1. The van der Waals surface area contributed by atoms with E-state index in [0.29, 0.717) is 36.7 Å². The molecule has 0 bridgehead atoms. The lowest BCUT2D eigenvalue weighted by atomic mass is 10.1. The SMILES string of the molecule is O=C(NC1CC1)c1ccc(C(=O)N2CC[C@@H](O)C2)cc1. The number of carbonyl (C=O) groups excluding carboxylic acids is 2. The molecule has 2 N–H and O–H groups in total. The Balaban J connectivity index is 1.65. The zero-order chi connectivity index (χ0) is 14.1. The maximum Gasteiger partial charge on any atom is 0.253 e. The minimum Gasteiger partial charge on any atom is -0.391 e. The van der Waals surface area contributed by atoms with E-state index < -0.39 is 6.10 Å². The summed E-state index contributed by atoms with van der Waals surface area (Å²) in [6.07, 6.45) is 2.33. The van der Waals surface area contributed by atoms with Crippen molar-refractivity contribution in [2.24, 2.45) is 0 Å². The zero-order valence-electron chi connectivity index (χ0n) is 11.2. The number of aliphatic hydroxyl groups is 1. The summed E-state index contributed by atoms with van der Waals surface area (Å²) in [5.74, 6) is -0.168. The van der Waals surface area contributed by atoms with Gasteiger partial charge in [0.1, 0.15) is 0 Å². The molecule has 1 heterocycles. The molecule has 1 aliphatic heterocycles. The molecule has 2 amide bonds. The molecule has 3 rings (SSSR count). The molecule has 1 aromatic rings. The lowest BCUT2D eigenvalue weighted by Gasteiger charge is -2.15. The number of likely N-dealkylation sites (tertiary alicyclic amines) is 1. The quantitative estimate of drug-likeness (QED) is 0.856. The van der Waals surface area contributed by atoms with Crippen molar-refractivity contribution in [3.8, 4) is 0 Å². The Bertz CT molecular complexity index is 522. The van der Waals surface area contributed by atoms with E-state index in [9.17, 15) is 14.7 Å². The van der Waals surface area contributed by atoms with Gasteiger partial charge in [0.2, 0.25) is 0 Å². The minimum atomic E-state index is -0.414. The van der Waals surface area contributed by atoms with Crippen LogP contribution in [-0.4, -0.2) is 47.1 Å². The molecule has 1 atom stereocenters. The predicted octanol–water partition coefficient (Wildman–Crippen LogP) is 0.786. The summed E-state index contributed by atoms with van der Waals surface area (Å²) >= 11 is 0. The molecule has 0 spiro atoms. The molecule has 2 aliphatic rings. The Morgan fingerprint density at radius 2 is 1.75 bits per heavy atom. The fourth-order valence-corrected chi connectivity index (χ4v) is 2.37. The van der Waals surface area contributed by atoms with Crippen molar-refractivity contribution in [3.05, 3.63) is 35.4 Å². The largest absolute Gasteiger partial charge is 0.391 e. The van der Waals surface area contributed by atoms with Crippen LogP contribution in [0.25, 0.3) is 0 Å². The van der Waals surface area contributed by atoms with Gasteiger partial charge in [-0.3, -0.25) is 9.59 Å². The van der Waals surface area contributed by atoms with Crippen molar-refractivity contribution < 1.29 is 14.7 Å². The van der Waals surface area contributed by atoms with Crippen LogP contribution in [0, 0.1) is 0 Å². The van der Waals surface area contributed by atoms with Crippen LogP contribution in [0.2, 0.25) is 0 Å². The first kappa shape index (κ1) is 13.1. The van der Waals surface area contributed by atoms with Gasteiger partial charge in [0.05, 0.1) is 6.10 Å². The predicted molar refractivity (Wildman–Crippen MR) is 73.5 cm³/mol. The van der Waals surface area contributed by atoms with Crippen LogP contribution >= 0.6 is 0 Å². The van der Waals surface area contributed by atoms with Gasteiger partial charge in [0.15, 0.2) is 0 Å². The highest BCUT2D eigenvalue weighted by Crippen LogP contribution is 2.19. The average Bonchev–Trinajstić information content (AvgIpc) is 3.17. The second-order valence-electron chi connectivity index (χ2n) is 5.52. The number of hydrogen-bond acceptors (Lipinski definition) is 3. The Morgan fingerprint density at radius 3 is 2.30 bits per heavy atom. The molecule has 0 unspecified atom stereocenters. The fourth-order valence-electron chi connectivity index (χ4n) is 2.37. The van der Waals surface area contributed by atoms with Crippen LogP contribution in [0.3, 0.4) is 0 Å². The number of amides is 2. The van der Waals surface area contributed by atoms with E-state index in [1.807, 2.05) is 0 Å². The van der Waals surface area contributed by atoms with Crippen LogP contribution in [0.15, 0.2) is 24.3 Å². The summed E-state index contributed by atoms with van der Waals surface area (Å²) in [6, 6.07) is 7.04. The number of carbonyl (C=O) groups is 2. The van der Waals surface area contributed by atoms with E-state index in [4.69, 9.17) is 0 Å². The molecule has 2 fully saturated rings. The van der Waals surface area contributed by atoms with Gasteiger partial charge in [0, 0.05) is 30.3 Å². The van der Waals surface area contributed by atoms with Crippen LogP contribution in [0.5, 0.6) is 0 Å². The van der Waals surface area contributed by atoms with E-state index >= 15 is 0 Å². The number of nitrogens with one attached hydrogen (secondary N) is 1. The van der Waals surface area contributed by atoms with Gasteiger partial charge in [-0.05, 0) is 43.5 Å². The first-order chi connectivity index (χ1) is 9.63. The minimum absolute atomic E-state index is 0.0805. The van der Waals surface area contributed by atoms with Gasteiger partial charge in [-0.15, -0.1) is 0 Å². The topological polar surface area (TPSA) is 69.6 Å². The highest BCUT2D eigenvalue weighted by molar-refractivity contribution is 5.98. The van der Waals surface area contributed by atoms with Crippen LogP contribution in [0.4, 0.5) is 0 Å². The monoisotopic (exact) mass is 274 g/mol. The summed E-state index contributed by atoms with van der Waals surface area (Å²) in [6.45, 7) is 0.979. The zero-order valence-corrected chi connectivity index (χ0v) is 11.2. The van der Waals surface area contributed by atoms with E-state index in [0.717, 1.165) is 12.8 Å². The summed E-state index contributed by atoms with van der Waals surface area (Å²) in [7, 11) is 0. The third-order valence-corrected chi connectivity index (χ3v) is 3.76. The Kier molecular flexibility index (Phi) is 3.44. The van der Waals surface area contributed by atoms with Gasteiger partial charge in [-0.2, -0.15) is 0 Å². The third-order valence-electron chi connectivity index (χ3n) is 3.76. The van der Waals surface area contributed by atoms with E-state index in [1.165, 1.54) is 0 Å². The third kappa shape index (κ3) is 2.82. The van der Waals surface area contributed by atoms with E-state index in [-0.39, 0.29) is 11.8 Å². The summed E-state index contributed by atoms with van der Waals surface area (Å²) in [5, 5.41) is 12.4. The number of β-amino-alcohol motifs (C(OH)–C–C–N with tert-alkyl or cyclic N) is 1. The smallest absolute Gasteiger partial charge is 0.253 e. The molecular formula is C15H18N2O3. The molecule has 106 valence electrons. The lowest BCUT2D eigenvalue weighted by molar-refractivity contribution is 0.0764. The highest BCUT2D eigenvalue weighted by atomic mass is 16.3. The van der Waals surface area contributed by atoms with Crippen molar-refractivity contribution in [1.82, 2.24) is 10.2 Å². The molecule has 0 aromatic heterocycles. The number of hydrogen-bond donors (Lipinski definition) is 2. The maximum absolute atomic E-state index is 12.2. The van der Waals surface area contributed by atoms with Gasteiger partial charge < -0.3 is 15.3 Å². The van der Waals surface area contributed by atoms with E-state index in [1.54, 1.807) is 29.2 Å². The van der Waals surface area contributed by atoms with E-state index in [2.05, 4.69) is 5.32 Å². The molecule has 1 saturated heterocycles. The first-order valence-electron chi connectivity index (χ1n) is 7.02. The van der Waals surface area contributed by atoms with Gasteiger partial charge in [-0.25, -0.2) is 0 Å². The molecule has 1 aromatic carbocycles. The first-order valence-corrected chi connectivity index (χ1v) is 7.02. The fraction of sp³-hybridized carbons (Fsp3) is 0.467. The number of aliphatic hydroxyl groups excluding tert-OH is 1. The van der Waals surface area contributed by atoms with Crippen molar-refractivity contribution in [2.75, 3.05) is 13.1 Å². The summed E-state index contributed by atoms with van der Waals surface area (Å²) in [4.78, 5) is 25.7. The molecular weight excluding hydrogens is 256 g/mol. The average molecular weight is 274 g/mol. The molecule has 1 saturated carbocycles. The van der Waals surface area contributed by atoms with Crippen molar-refractivity contribution in [1.29, 1.82) is 0 Å². The molecule has 0 radical (unpaired) electrons. The number of nitrogens with zero attached hydrogens (tertiary/aromatic N) is 1. The van der Waals surface area contributed by atoms with Gasteiger partial charge >= 0.3 is 0 Å². The van der Waals surface area contributed by atoms with Crippen molar-refractivity contribution in [3.63, 3.8) is 0 Å². The van der Waals surface area contributed by atoms with Crippen molar-refractivity contribution in [2.45, 2.75) is 31.4 Å². The molecule has 5 heteroatoms. The molecule has 5 nitrogen and oxygen atoms in total. The van der Waals surface area contributed by atoms with Crippen LogP contribution in [0.1, 0.15) is 40.0 Å².